The summed E-state index contributed by atoms with van der Waals surface area (Å²) in [5.41, 5.74) is 4.34. The summed E-state index contributed by atoms with van der Waals surface area (Å²) in [4.78, 5) is 38.2. The number of hydrogen-bond donors (Lipinski definition) is 0. The fraction of sp³-hybridized carbons (Fsp3) is 0.364. The van der Waals surface area contributed by atoms with Gasteiger partial charge in [-0.25, -0.2) is 0 Å². The summed E-state index contributed by atoms with van der Waals surface area (Å²) in [5, 5.41) is 1.02. The number of nitrogens with zero attached hydrogens (tertiary/aromatic N) is 5. The summed E-state index contributed by atoms with van der Waals surface area (Å²) in [7, 11) is 3.21. The molecule has 0 spiro atoms. The van der Waals surface area contributed by atoms with E-state index in [0.717, 1.165) is 40.8 Å². The Hall–Kier alpha value is -4.05. The molecule has 5 rings (SSSR count). The fourth-order valence-corrected chi connectivity index (χ4v) is 5.63. The molecule has 2 amide bonds. The van der Waals surface area contributed by atoms with Gasteiger partial charge in [0, 0.05) is 82.8 Å². The van der Waals surface area contributed by atoms with Gasteiger partial charge in [0.05, 0.1) is 12.3 Å². The van der Waals surface area contributed by atoms with E-state index in [1.54, 1.807) is 18.2 Å². The number of carbonyl (C=O) groups excluding carboxylic acids is 2. The van der Waals surface area contributed by atoms with Gasteiger partial charge in [-0.05, 0) is 42.3 Å². The van der Waals surface area contributed by atoms with Gasteiger partial charge in [0.2, 0.25) is 0 Å². The Morgan fingerprint density at radius 1 is 0.881 bits per heavy atom. The number of pyridine rings is 1. The number of ether oxygens (including phenoxy) is 2. The van der Waals surface area contributed by atoms with Crippen LogP contribution >= 0.6 is 0 Å². The van der Waals surface area contributed by atoms with E-state index < -0.39 is 0 Å². The van der Waals surface area contributed by atoms with E-state index in [0.29, 0.717) is 51.6 Å². The van der Waals surface area contributed by atoms with Crippen molar-refractivity contribution in [3.05, 3.63) is 95.9 Å². The second-order valence-corrected chi connectivity index (χ2v) is 10.5. The predicted molar refractivity (Wildman–Crippen MR) is 163 cm³/mol. The van der Waals surface area contributed by atoms with Gasteiger partial charge in [0.25, 0.3) is 11.8 Å². The third kappa shape index (κ3) is 6.87. The molecule has 9 heteroatoms. The van der Waals surface area contributed by atoms with E-state index in [-0.39, 0.29) is 18.4 Å². The van der Waals surface area contributed by atoms with Crippen LogP contribution < -0.4 is 4.90 Å². The molecular formula is C33H39N5O4. The number of methoxy groups -OCH3 is 2. The fourth-order valence-electron chi connectivity index (χ4n) is 5.63. The lowest BCUT2D eigenvalue weighted by Crippen LogP contribution is -2.39. The van der Waals surface area contributed by atoms with Crippen molar-refractivity contribution >= 4 is 28.4 Å². The second-order valence-electron chi connectivity index (χ2n) is 10.5. The third-order valence-electron chi connectivity index (χ3n) is 7.70. The van der Waals surface area contributed by atoms with E-state index in [2.05, 4.69) is 14.5 Å². The number of benzene rings is 2. The minimum absolute atomic E-state index is 0.00572. The summed E-state index contributed by atoms with van der Waals surface area (Å²) < 4.78 is 12.7. The van der Waals surface area contributed by atoms with Crippen molar-refractivity contribution in [2.75, 3.05) is 58.5 Å². The standard InChI is InChI=1S/C33H39N5O4/c1-41-21-20-37-29-13-5-3-10-26(29)22-31(37)33(40)36-19-18-35(24-28-12-7-8-15-34-28)16-9-17-38(32(39)25-42-2)30-14-6-4-11-27(30)23-36/h3-8,10-15,22H,9,16-21,23-25H2,1-2H3. The molecule has 4 aromatic rings. The van der Waals surface area contributed by atoms with Crippen molar-refractivity contribution < 1.29 is 19.1 Å². The average Bonchev–Trinajstić information content (AvgIpc) is 3.37. The molecule has 0 saturated carbocycles. The van der Waals surface area contributed by atoms with Crippen molar-refractivity contribution in [1.29, 1.82) is 0 Å². The van der Waals surface area contributed by atoms with E-state index >= 15 is 0 Å². The Bertz CT molecular complexity index is 1490. The minimum atomic E-state index is -0.0990. The zero-order valence-corrected chi connectivity index (χ0v) is 24.4. The molecule has 0 N–H and O–H groups in total. The lowest BCUT2D eigenvalue weighted by atomic mass is 10.1. The van der Waals surface area contributed by atoms with Crippen LogP contribution in [0.2, 0.25) is 0 Å². The van der Waals surface area contributed by atoms with Crippen molar-refractivity contribution in [3.63, 3.8) is 0 Å². The normalized spacial score (nSPS) is 14.9. The van der Waals surface area contributed by atoms with E-state index in [1.807, 2.05) is 77.7 Å². The van der Waals surface area contributed by atoms with Crippen LogP contribution in [0.15, 0.2) is 79.0 Å². The summed E-state index contributed by atoms with van der Waals surface area (Å²) in [5.74, 6) is -0.151. The molecular weight excluding hydrogens is 530 g/mol. The smallest absolute Gasteiger partial charge is 0.270 e. The summed E-state index contributed by atoms with van der Waals surface area (Å²) in [6.07, 6.45) is 2.58. The first-order valence-electron chi connectivity index (χ1n) is 14.4. The van der Waals surface area contributed by atoms with Crippen LogP contribution in [0.4, 0.5) is 5.69 Å². The largest absolute Gasteiger partial charge is 0.383 e. The molecule has 3 heterocycles. The molecule has 0 atom stereocenters. The van der Waals surface area contributed by atoms with Crippen LogP contribution in [-0.4, -0.2) is 84.8 Å². The van der Waals surface area contributed by atoms with Gasteiger partial charge >= 0.3 is 0 Å². The van der Waals surface area contributed by atoms with Crippen LogP contribution in [0.3, 0.4) is 0 Å². The molecule has 9 nitrogen and oxygen atoms in total. The second kappa shape index (κ2) is 14.2. The lowest BCUT2D eigenvalue weighted by molar-refractivity contribution is -0.122. The molecule has 0 unspecified atom stereocenters. The Morgan fingerprint density at radius 2 is 1.69 bits per heavy atom. The van der Waals surface area contributed by atoms with Gasteiger partial charge in [0.15, 0.2) is 0 Å². The molecule has 2 aromatic heterocycles. The summed E-state index contributed by atoms with van der Waals surface area (Å²) in [6.45, 7) is 4.60. The number of rotatable bonds is 8. The van der Waals surface area contributed by atoms with Gasteiger partial charge in [0.1, 0.15) is 12.3 Å². The van der Waals surface area contributed by atoms with Crippen LogP contribution in [0.1, 0.15) is 28.2 Å². The highest BCUT2D eigenvalue weighted by Gasteiger charge is 2.26. The van der Waals surface area contributed by atoms with Crippen LogP contribution in [0, 0.1) is 0 Å². The van der Waals surface area contributed by atoms with Gasteiger partial charge < -0.3 is 23.8 Å². The summed E-state index contributed by atoms with van der Waals surface area (Å²) >= 11 is 0. The van der Waals surface area contributed by atoms with Crippen LogP contribution in [-0.2, 0) is 33.9 Å². The third-order valence-corrected chi connectivity index (χ3v) is 7.70. The van der Waals surface area contributed by atoms with Crippen LogP contribution in [0.5, 0.6) is 0 Å². The Kier molecular flexibility index (Phi) is 9.97. The number of carbonyl (C=O) groups is 2. The molecule has 0 bridgehead atoms. The first kappa shape index (κ1) is 29.4. The van der Waals surface area contributed by atoms with E-state index in [1.165, 1.54) is 7.11 Å². The van der Waals surface area contributed by atoms with Crippen molar-refractivity contribution in [2.24, 2.45) is 0 Å². The molecule has 1 aliphatic rings. The highest BCUT2D eigenvalue weighted by molar-refractivity contribution is 5.99. The quantitative estimate of drug-likeness (QED) is 0.316. The Morgan fingerprint density at radius 3 is 2.50 bits per heavy atom. The maximum absolute atomic E-state index is 14.4. The first-order chi connectivity index (χ1) is 20.6. The number of hydrogen-bond acceptors (Lipinski definition) is 6. The SMILES string of the molecule is COCCn1c(C(=O)N2CCN(Cc3ccccn3)CCCN(C(=O)COC)c3ccccc3C2)cc2ccccc21. The maximum atomic E-state index is 14.4. The number of fused-ring (bicyclic) bond motifs is 2. The van der Waals surface area contributed by atoms with Crippen molar-refractivity contribution in [3.8, 4) is 0 Å². The van der Waals surface area contributed by atoms with Gasteiger partial charge in [-0.3, -0.25) is 19.5 Å². The molecule has 220 valence electrons. The van der Waals surface area contributed by atoms with Crippen molar-refractivity contribution in [2.45, 2.75) is 26.1 Å². The van der Waals surface area contributed by atoms with E-state index in [9.17, 15) is 9.59 Å². The molecule has 2 aromatic carbocycles. The van der Waals surface area contributed by atoms with Gasteiger partial charge in [-0.1, -0.05) is 42.5 Å². The average molecular weight is 570 g/mol. The molecule has 0 fully saturated rings. The Labute approximate surface area is 247 Å². The minimum Gasteiger partial charge on any atom is -0.383 e. The summed E-state index contributed by atoms with van der Waals surface area (Å²) in [6, 6.07) is 23.8. The van der Waals surface area contributed by atoms with Gasteiger partial charge in [-0.2, -0.15) is 0 Å². The van der Waals surface area contributed by atoms with Crippen LogP contribution in [0.25, 0.3) is 10.9 Å². The lowest BCUT2D eigenvalue weighted by Gasteiger charge is -2.28. The molecule has 42 heavy (non-hydrogen) atoms. The zero-order valence-electron chi connectivity index (χ0n) is 24.4. The number of amides is 2. The number of anilines is 1. The maximum Gasteiger partial charge on any atom is 0.270 e. The Balaban J connectivity index is 1.53. The number of aromatic nitrogens is 2. The van der Waals surface area contributed by atoms with E-state index in [4.69, 9.17) is 9.47 Å². The monoisotopic (exact) mass is 569 g/mol. The highest BCUT2D eigenvalue weighted by atomic mass is 16.5. The number of para-hydroxylation sites is 2. The first-order valence-corrected chi connectivity index (χ1v) is 14.4. The molecule has 0 saturated heterocycles. The topological polar surface area (TPSA) is 80.1 Å². The molecule has 0 radical (unpaired) electrons. The molecule has 0 aliphatic carbocycles. The van der Waals surface area contributed by atoms with Gasteiger partial charge in [-0.15, -0.1) is 0 Å². The highest BCUT2D eigenvalue weighted by Crippen LogP contribution is 2.26. The zero-order chi connectivity index (χ0) is 29.3. The van der Waals surface area contributed by atoms with Crippen molar-refractivity contribution in [1.82, 2.24) is 19.4 Å². The predicted octanol–water partition coefficient (Wildman–Crippen LogP) is 4.21. The molecule has 1 aliphatic heterocycles.